The lowest BCUT2D eigenvalue weighted by Crippen LogP contribution is -2.13. The Balaban J connectivity index is 1.80. The van der Waals surface area contributed by atoms with Gasteiger partial charge in [-0.1, -0.05) is 23.7 Å². The Hall–Kier alpha value is -3.05. The number of fused-ring (bicyclic) bond motifs is 2. The molecule has 1 saturated carbocycles. The highest BCUT2D eigenvalue weighted by molar-refractivity contribution is 6.31. The topological polar surface area (TPSA) is 72.5 Å². The molecule has 1 amide bonds. The summed E-state index contributed by atoms with van der Waals surface area (Å²) in [6.07, 6.45) is 1.79. The Morgan fingerprint density at radius 1 is 1.00 bits per heavy atom. The minimum atomic E-state index is -0.500. The fourth-order valence-electron chi connectivity index (χ4n) is 3.25. The third-order valence-corrected chi connectivity index (χ3v) is 4.98. The van der Waals surface area contributed by atoms with Crippen LogP contribution in [-0.2, 0) is 4.79 Å². The van der Waals surface area contributed by atoms with Crippen LogP contribution in [-0.4, -0.2) is 5.91 Å². The molecule has 4 aromatic rings. The summed E-state index contributed by atoms with van der Waals surface area (Å²) in [7, 11) is 0. The predicted octanol–water partition coefficient (Wildman–Crippen LogP) is 5.21. The molecule has 1 fully saturated rings. The minimum Gasteiger partial charge on any atom is -0.454 e. The highest BCUT2D eigenvalue weighted by Gasteiger charge is 2.31. The van der Waals surface area contributed by atoms with Crippen molar-refractivity contribution in [3.8, 4) is 11.3 Å². The highest BCUT2D eigenvalue weighted by atomic mass is 35.5. The number of amides is 1. The maximum absolute atomic E-state index is 12.4. The van der Waals surface area contributed by atoms with Crippen LogP contribution < -0.4 is 10.9 Å². The maximum atomic E-state index is 12.4. The lowest BCUT2D eigenvalue weighted by molar-refractivity contribution is -0.117. The summed E-state index contributed by atoms with van der Waals surface area (Å²) < 4.78 is 11.3. The number of para-hydroxylation sites is 1. The van der Waals surface area contributed by atoms with Gasteiger partial charge in [-0.3, -0.25) is 4.79 Å². The summed E-state index contributed by atoms with van der Waals surface area (Å²) in [6.45, 7) is 0. The van der Waals surface area contributed by atoms with Crippen LogP contribution in [0.3, 0.4) is 0 Å². The molecule has 2 heterocycles. The number of anilines is 1. The van der Waals surface area contributed by atoms with E-state index in [1.807, 2.05) is 24.3 Å². The van der Waals surface area contributed by atoms with E-state index in [-0.39, 0.29) is 11.8 Å². The summed E-state index contributed by atoms with van der Waals surface area (Å²) in [4.78, 5) is 24.5. The lowest BCUT2D eigenvalue weighted by atomic mass is 10.1. The monoisotopic (exact) mass is 379 g/mol. The third-order valence-electron chi connectivity index (χ3n) is 4.74. The van der Waals surface area contributed by atoms with E-state index in [4.69, 9.17) is 20.4 Å². The van der Waals surface area contributed by atoms with Gasteiger partial charge in [0.05, 0.1) is 5.69 Å². The summed E-state index contributed by atoms with van der Waals surface area (Å²) in [5.41, 5.74) is 1.63. The van der Waals surface area contributed by atoms with Crippen molar-refractivity contribution in [2.24, 2.45) is 5.92 Å². The first kappa shape index (κ1) is 16.1. The first-order chi connectivity index (χ1) is 13.1. The molecule has 5 rings (SSSR count). The summed E-state index contributed by atoms with van der Waals surface area (Å²) in [5, 5.41) is 4.93. The van der Waals surface area contributed by atoms with Crippen molar-refractivity contribution in [1.29, 1.82) is 0 Å². The Morgan fingerprint density at radius 3 is 2.59 bits per heavy atom. The number of carbonyl (C=O) groups excluding carboxylic acids is 1. The number of nitrogens with one attached hydrogen (secondary N) is 1. The van der Waals surface area contributed by atoms with Gasteiger partial charge in [0.25, 0.3) is 0 Å². The van der Waals surface area contributed by atoms with Crippen molar-refractivity contribution in [3.63, 3.8) is 0 Å². The van der Waals surface area contributed by atoms with Crippen molar-refractivity contribution in [1.82, 2.24) is 0 Å². The van der Waals surface area contributed by atoms with Crippen molar-refractivity contribution < 1.29 is 13.6 Å². The molecule has 0 bridgehead atoms. The molecule has 1 aliphatic carbocycles. The van der Waals surface area contributed by atoms with Gasteiger partial charge in [0.15, 0.2) is 5.76 Å². The van der Waals surface area contributed by atoms with Crippen LogP contribution >= 0.6 is 11.6 Å². The van der Waals surface area contributed by atoms with Gasteiger partial charge in [0.2, 0.25) is 5.91 Å². The van der Waals surface area contributed by atoms with E-state index in [0.717, 1.165) is 18.2 Å². The van der Waals surface area contributed by atoms with Gasteiger partial charge < -0.3 is 14.2 Å². The van der Waals surface area contributed by atoms with Gasteiger partial charge in [-0.15, -0.1) is 0 Å². The molecular formula is C21H14ClNO4. The standard InChI is InChI=1S/C21H14ClNO4/c22-12-7-8-17-14(9-12)15(10-18(24)26-17)20-19(23-21(25)11-5-6-11)13-3-1-2-4-16(13)27-20/h1-4,7-11H,5-6H2,(H,23,25). The van der Waals surface area contributed by atoms with Crippen molar-refractivity contribution in [2.75, 3.05) is 5.32 Å². The van der Waals surface area contributed by atoms with Gasteiger partial charge in [-0.2, -0.15) is 0 Å². The number of benzene rings is 2. The van der Waals surface area contributed by atoms with Crippen LogP contribution in [0.25, 0.3) is 33.3 Å². The van der Waals surface area contributed by atoms with E-state index in [1.54, 1.807) is 18.2 Å². The average molecular weight is 380 g/mol. The van der Waals surface area contributed by atoms with Crippen LogP contribution in [0.1, 0.15) is 12.8 Å². The van der Waals surface area contributed by atoms with Crippen molar-refractivity contribution in [3.05, 3.63) is 64.0 Å². The smallest absolute Gasteiger partial charge is 0.336 e. The second-order valence-electron chi connectivity index (χ2n) is 6.69. The third kappa shape index (κ3) is 2.80. The first-order valence-corrected chi connectivity index (χ1v) is 9.04. The Kier molecular flexibility index (Phi) is 3.58. The van der Waals surface area contributed by atoms with Crippen molar-refractivity contribution in [2.45, 2.75) is 12.8 Å². The van der Waals surface area contributed by atoms with Crippen LogP contribution in [0.5, 0.6) is 0 Å². The fourth-order valence-corrected chi connectivity index (χ4v) is 3.43. The molecule has 5 nitrogen and oxygen atoms in total. The predicted molar refractivity (Wildman–Crippen MR) is 104 cm³/mol. The zero-order valence-corrected chi connectivity index (χ0v) is 14.9. The number of carbonyl (C=O) groups is 1. The molecule has 1 aliphatic rings. The van der Waals surface area contributed by atoms with Gasteiger partial charge in [0, 0.05) is 33.3 Å². The van der Waals surface area contributed by atoms with E-state index in [0.29, 0.717) is 38.6 Å². The molecule has 2 aromatic carbocycles. The molecule has 0 saturated heterocycles. The van der Waals surface area contributed by atoms with E-state index in [9.17, 15) is 9.59 Å². The quantitative estimate of drug-likeness (QED) is 0.496. The SMILES string of the molecule is O=C(Nc1c(-c2cc(=O)oc3ccc(Cl)cc23)oc2ccccc12)C1CC1. The highest BCUT2D eigenvalue weighted by Crippen LogP contribution is 2.42. The molecule has 6 heteroatoms. The van der Waals surface area contributed by atoms with Gasteiger partial charge >= 0.3 is 5.63 Å². The molecule has 0 aliphatic heterocycles. The normalized spacial score (nSPS) is 14.0. The molecule has 0 spiro atoms. The summed E-state index contributed by atoms with van der Waals surface area (Å²) in [6, 6.07) is 13.8. The summed E-state index contributed by atoms with van der Waals surface area (Å²) in [5.74, 6) is 0.428. The molecule has 0 atom stereocenters. The maximum Gasteiger partial charge on any atom is 0.336 e. The molecule has 0 unspecified atom stereocenters. The number of hydrogen-bond acceptors (Lipinski definition) is 4. The Morgan fingerprint density at radius 2 is 1.78 bits per heavy atom. The molecule has 2 aromatic heterocycles. The minimum absolute atomic E-state index is 0.0342. The number of halogens is 1. The Labute approximate surface area is 158 Å². The van der Waals surface area contributed by atoms with Gasteiger partial charge in [-0.05, 0) is 43.2 Å². The number of hydrogen-bond donors (Lipinski definition) is 1. The fraction of sp³-hybridized carbons (Fsp3) is 0.143. The zero-order chi connectivity index (χ0) is 18.5. The Bertz CT molecular complexity index is 1270. The molecule has 0 radical (unpaired) electrons. The van der Waals surface area contributed by atoms with E-state index < -0.39 is 5.63 Å². The molecule has 1 N–H and O–H groups in total. The average Bonchev–Trinajstić information content (AvgIpc) is 3.45. The zero-order valence-electron chi connectivity index (χ0n) is 14.1. The molecule has 27 heavy (non-hydrogen) atoms. The largest absolute Gasteiger partial charge is 0.454 e. The van der Waals surface area contributed by atoms with Crippen molar-refractivity contribution >= 4 is 45.1 Å². The van der Waals surface area contributed by atoms with Crippen LogP contribution in [0.2, 0.25) is 5.02 Å². The molecule has 134 valence electrons. The summed E-state index contributed by atoms with van der Waals surface area (Å²) >= 11 is 6.15. The molecular weight excluding hydrogens is 366 g/mol. The second-order valence-corrected chi connectivity index (χ2v) is 7.12. The van der Waals surface area contributed by atoms with Crippen LogP contribution in [0.4, 0.5) is 5.69 Å². The van der Waals surface area contributed by atoms with Gasteiger partial charge in [0.1, 0.15) is 11.2 Å². The van der Waals surface area contributed by atoms with E-state index in [2.05, 4.69) is 5.32 Å². The number of rotatable bonds is 3. The second kappa shape index (κ2) is 5.99. The van der Waals surface area contributed by atoms with E-state index >= 15 is 0 Å². The first-order valence-electron chi connectivity index (χ1n) is 8.66. The van der Waals surface area contributed by atoms with Gasteiger partial charge in [-0.25, -0.2) is 4.79 Å². The lowest BCUT2D eigenvalue weighted by Gasteiger charge is -2.08. The van der Waals surface area contributed by atoms with Crippen LogP contribution in [0.15, 0.2) is 62.2 Å². The van der Waals surface area contributed by atoms with E-state index in [1.165, 1.54) is 6.07 Å². The van der Waals surface area contributed by atoms with Crippen LogP contribution in [0, 0.1) is 5.92 Å². The number of furan rings is 1.